The molecule has 2 heterocycles. The Balaban J connectivity index is 2.40. The summed E-state index contributed by atoms with van der Waals surface area (Å²) in [6.07, 6.45) is 3.41. The highest BCUT2D eigenvalue weighted by molar-refractivity contribution is 5.56. The van der Waals surface area contributed by atoms with Gasteiger partial charge in [0.05, 0.1) is 0 Å². The van der Waals surface area contributed by atoms with Gasteiger partial charge < -0.3 is 15.0 Å². The topological polar surface area (TPSA) is 64.2 Å². The lowest BCUT2D eigenvalue weighted by Crippen LogP contribution is -2.31. The van der Waals surface area contributed by atoms with E-state index < -0.39 is 4.92 Å². The standard InChI is InChI=1S/C10H16N4O2/c1-8-11-9(14(15)16)10(12(8)2)13-6-4-3-5-7-13/h3-7H2,1-2H3. The highest BCUT2D eigenvalue weighted by Crippen LogP contribution is 2.29. The maximum absolute atomic E-state index is 10.9. The molecule has 1 aliphatic heterocycles. The fourth-order valence-corrected chi connectivity index (χ4v) is 2.16. The van der Waals surface area contributed by atoms with E-state index in [1.165, 1.54) is 6.42 Å². The highest BCUT2D eigenvalue weighted by Gasteiger charge is 2.28. The van der Waals surface area contributed by atoms with Crippen LogP contribution in [0.4, 0.5) is 11.6 Å². The first-order valence-corrected chi connectivity index (χ1v) is 5.54. The number of aryl methyl sites for hydroxylation is 1. The minimum atomic E-state index is -0.392. The first kappa shape index (κ1) is 10.9. The SMILES string of the molecule is Cc1nc([N+](=O)[O-])c(N2CCCCC2)n1C. The van der Waals surface area contributed by atoms with Gasteiger partial charge in [0.2, 0.25) is 11.6 Å². The Kier molecular flexibility index (Phi) is 2.80. The van der Waals surface area contributed by atoms with Crippen molar-refractivity contribution in [2.24, 2.45) is 7.05 Å². The van der Waals surface area contributed by atoms with E-state index in [4.69, 9.17) is 0 Å². The van der Waals surface area contributed by atoms with Crippen LogP contribution in [0, 0.1) is 17.0 Å². The van der Waals surface area contributed by atoms with Crippen LogP contribution in [0.2, 0.25) is 0 Å². The van der Waals surface area contributed by atoms with E-state index in [0.29, 0.717) is 11.6 Å². The lowest BCUT2D eigenvalue weighted by atomic mass is 10.1. The fraction of sp³-hybridized carbons (Fsp3) is 0.700. The van der Waals surface area contributed by atoms with Gasteiger partial charge in [-0.1, -0.05) is 0 Å². The minimum absolute atomic E-state index is 0.0121. The molecule has 2 rings (SSSR count). The van der Waals surface area contributed by atoms with Crippen molar-refractivity contribution >= 4 is 11.6 Å². The predicted molar refractivity (Wildman–Crippen MR) is 60.7 cm³/mol. The second kappa shape index (κ2) is 4.11. The van der Waals surface area contributed by atoms with Gasteiger partial charge in [0.25, 0.3) is 0 Å². The van der Waals surface area contributed by atoms with Crippen molar-refractivity contribution in [3.05, 3.63) is 15.9 Å². The van der Waals surface area contributed by atoms with Crippen LogP contribution in [0.25, 0.3) is 0 Å². The van der Waals surface area contributed by atoms with Crippen molar-refractivity contribution in [2.45, 2.75) is 26.2 Å². The molecule has 1 fully saturated rings. The molecule has 6 heteroatoms. The molecule has 0 spiro atoms. The monoisotopic (exact) mass is 224 g/mol. The van der Waals surface area contributed by atoms with E-state index in [-0.39, 0.29) is 5.82 Å². The van der Waals surface area contributed by atoms with Crippen LogP contribution >= 0.6 is 0 Å². The summed E-state index contributed by atoms with van der Waals surface area (Å²) in [5, 5.41) is 10.9. The van der Waals surface area contributed by atoms with E-state index in [2.05, 4.69) is 9.88 Å². The molecule has 0 aliphatic carbocycles. The molecule has 0 N–H and O–H groups in total. The third-order valence-corrected chi connectivity index (χ3v) is 3.10. The van der Waals surface area contributed by atoms with E-state index in [0.717, 1.165) is 25.9 Å². The first-order chi connectivity index (χ1) is 7.61. The van der Waals surface area contributed by atoms with Gasteiger partial charge in [-0.25, -0.2) is 0 Å². The quantitative estimate of drug-likeness (QED) is 0.565. The Morgan fingerprint density at radius 2 is 1.94 bits per heavy atom. The van der Waals surface area contributed by atoms with Crippen molar-refractivity contribution in [1.82, 2.24) is 9.55 Å². The third kappa shape index (κ3) is 1.75. The molecule has 0 saturated carbocycles. The van der Waals surface area contributed by atoms with Crippen molar-refractivity contribution in [2.75, 3.05) is 18.0 Å². The number of imidazole rings is 1. The number of hydrogen-bond donors (Lipinski definition) is 0. The van der Waals surface area contributed by atoms with Gasteiger partial charge in [-0.3, -0.25) is 4.57 Å². The van der Waals surface area contributed by atoms with Crippen molar-refractivity contribution in [3.8, 4) is 0 Å². The minimum Gasteiger partial charge on any atom is -0.358 e. The van der Waals surface area contributed by atoms with Crippen LogP contribution in [-0.4, -0.2) is 27.6 Å². The summed E-state index contributed by atoms with van der Waals surface area (Å²) >= 11 is 0. The van der Waals surface area contributed by atoms with Crippen LogP contribution in [0.15, 0.2) is 0 Å². The van der Waals surface area contributed by atoms with Crippen LogP contribution in [0.5, 0.6) is 0 Å². The molecule has 16 heavy (non-hydrogen) atoms. The first-order valence-electron chi connectivity index (χ1n) is 5.54. The number of piperidine rings is 1. The van der Waals surface area contributed by atoms with Crippen molar-refractivity contribution in [3.63, 3.8) is 0 Å². The average Bonchev–Trinajstić information content (AvgIpc) is 2.57. The van der Waals surface area contributed by atoms with Gasteiger partial charge in [-0.15, -0.1) is 0 Å². The van der Waals surface area contributed by atoms with E-state index in [9.17, 15) is 10.1 Å². The van der Waals surface area contributed by atoms with Gasteiger partial charge in [0.15, 0.2) is 0 Å². The molecule has 0 atom stereocenters. The Hall–Kier alpha value is -1.59. The van der Waals surface area contributed by atoms with E-state index >= 15 is 0 Å². The second-order valence-electron chi connectivity index (χ2n) is 4.17. The number of nitro groups is 1. The average molecular weight is 224 g/mol. The zero-order valence-electron chi connectivity index (χ0n) is 9.64. The molecule has 0 bridgehead atoms. The van der Waals surface area contributed by atoms with E-state index in [1.54, 1.807) is 6.92 Å². The molecule has 1 aromatic rings. The molecule has 1 aliphatic rings. The van der Waals surface area contributed by atoms with Crippen LogP contribution < -0.4 is 4.90 Å². The maximum atomic E-state index is 10.9. The summed E-state index contributed by atoms with van der Waals surface area (Å²) in [7, 11) is 1.83. The zero-order valence-corrected chi connectivity index (χ0v) is 9.64. The molecule has 0 unspecified atom stereocenters. The molecule has 6 nitrogen and oxygen atoms in total. The Morgan fingerprint density at radius 1 is 1.31 bits per heavy atom. The molecular weight excluding hydrogens is 208 g/mol. The lowest BCUT2D eigenvalue weighted by Gasteiger charge is -2.27. The van der Waals surface area contributed by atoms with Gasteiger partial charge in [-0.2, -0.15) is 0 Å². The third-order valence-electron chi connectivity index (χ3n) is 3.10. The number of aromatic nitrogens is 2. The summed E-state index contributed by atoms with van der Waals surface area (Å²) in [6.45, 7) is 3.57. The Morgan fingerprint density at radius 3 is 2.50 bits per heavy atom. The summed E-state index contributed by atoms with van der Waals surface area (Å²) < 4.78 is 1.81. The summed E-state index contributed by atoms with van der Waals surface area (Å²) in [4.78, 5) is 16.6. The smallest absolute Gasteiger partial charge is 0.358 e. The van der Waals surface area contributed by atoms with Crippen LogP contribution in [-0.2, 0) is 7.05 Å². The summed E-state index contributed by atoms with van der Waals surface area (Å²) in [6, 6.07) is 0. The van der Waals surface area contributed by atoms with Crippen LogP contribution in [0.3, 0.4) is 0 Å². The van der Waals surface area contributed by atoms with Gasteiger partial charge in [0, 0.05) is 27.1 Å². The predicted octanol–water partition coefficient (Wildman–Crippen LogP) is 1.63. The molecular formula is C10H16N4O2. The highest BCUT2D eigenvalue weighted by atomic mass is 16.6. The van der Waals surface area contributed by atoms with Crippen molar-refractivity contribution in [1.29, 1.82) is 0 Å². The second-order valence-corrected chi connectivity index (χ2v) is 4.17. The Bertz CT molecular complexity index is 407. The molecule has 1 aromatic heterocycles. The number of nitrogens with zero attached hydrogens (tertiary/aromatic N) is 4. The summed E-state index contributed by atoms with van der Waals surface area (Å²) in [5.74, 6) is 1.33. The van der Waals surface area contributed by atoms with E-state index in [1.807, 2.05) is 11.6 Å². The zero-order chi connectivity index (χ0) is 11.7. The largest absolute Gasteiger partial charge is 0.406 e. The molecule has 0 radical (unpaired) electrons. The van der Waals surface area contributed by atoms with Crippen molar-refractivity contribution < 1.29 is 4.92 Å². The Labute approximate surface area is 94.0 Å². The van der Waals surface area contributed by atoms with Gasteiger partial charge in [-0.05, 0) is 29.2 Å². The number of hydrogen-bond acceptors (Lipinski definition) is 4. The fourth-order valence-electron chi connectivity index (χ4n) is 2.16. The molecule has 0 amide bonds. The number of rotatable bonds is 2. The van der Waals surface area contributed by atoms with Gasteiger partial charge in [0.1, 0.15) is 0 Å². The molecule has 1 saturated heterocycles. The number of anilines is 1. The molecule has 88 valence electrons. The maximum Gasteiger partial charge on any atom is 0.406 e. The molecule has 0 aromatic carbocycles. The van der Waals surface area contributed by atoms with Crippen LogP contribution in [0.1, 0.15) is 25.1 Å². The normalized spacial score (nSPS) is 16.5. The van der Waals surface area contributed by atoms with Gasteiger partial charge >= 0.3 is 5.82 Å². The lowest BCUT2D eigenvalue weighted by molar-refractivity contribution is -0.388. The summed E-state index contributed by atoms with van der Waals surface area (Å²) in [5.41, 5.74) is 0.